The molecule has 1 saturated heterocycles. The molecule has 7 nitrogen and oxygen atoms in total. The zero-order valence-corrected chi connectivity index (χ0v) is 19.0. The van der Waals surface area contributed by atoms with Crippen molar-refractivity contribution in [3.63, 3.8) is 0 Å². The number of piperazine rings is 1. The lowest BCUT2D eigenvalue weighted by molar-refractivity contribution is 0.0945. The quantitative estimate of drug-likeness (QED) is 0.621. The summed E-state index contributed by atoms with van der Waals surface area (Å²) in [6.07, 6.45) is 1.78. The van der Waals surface area contributed by atoms with Gasteiger partial charge in [-0.1, -0.05) is 30.3 Å². The zero-order valence-electron chi connectivity index (χ0n) is 19.0. The molecule has 1 N–H and O–H groups in total. The Morgan fingerprint density at radius 2 is 1.84 bits per heavy atom. The number of hydrogen-bond donors (Lipinski definition) is 1. The Labute approximate surface area is 189 Å². The molecule has 4 rings (SSSR count). The summed E-state index contributed by atoms with van der Waals surface area (Å²) in [4.78, 5) is 17.5. The molecule has 2 aromatic carbocycles. The van der Waals surface area contributed by atoms with Gasteiger partial charge in [-0.05, 0) is 48.9 Å². The summed E-state index contributed by atoms with van der Waals surface area (Å²) in [6, 6.07) is 16.0. The van der Waals surface area contributed by atoms with Crippen LogP contribution in [0, 0.1) is 6.92 Å². The van der Waals surface area contributed by atoms with Gasteiger partial charge in [-0.3, -0.25) is 9.69 Å². The van der Waals surface area contributed by atoms with E-state index in [0.29, 0.717) is 18.0 Å². The third-order valence-electron chi connectivity index (χ3n) is 5.85. The van der Waals surface area contributed by atoms with E-state index in [2.05, 4.69) is 45.5 Å². The van der Waals surface area contributed by atoms with E-state index in [9.17, 15) is 4.79 Å². The first-order valence-electron chi connectivity index (χ1n) is 11.0. The minimum absolute atomic E-state index is 0.195. The number of benzene rings is 2. The molecule has 0 bridgehead atoms. The maximum absolute atomic E-state index is 12.7. The first-order valence-corrected chi connectivity index (χ1v) is 11.0. The van der Waals surface area contributed by atoms with E-state index in [4.69, 9.17) is 4.74 Å². The molecule has 0 saturated carbocycles. The third-order valence-corrected chi connectivity index (χ3v) is 5.85. The Hall–Kier alpha value is -3.16. The Kier molecular flexibility index (Phi) is 6.87. The highest BCUT2D eigenvalue weighted by Crippen LogP contribution is 2.23. The van der Waals surface area contributed by atoms with Gasteiger partial charge >= 0.3 is 0 Å². The highest BCUT2D eigenvalue weighted by molar-refractivity contribution is 5.92. The summed E-state index contributed by atoms with van der Waals surface area (Å²) in [7, 11) is 3.80. The molecule has 0 unspecified atom stereocenters. The number of nitrogens with one attached hydrogen (secondary N) is 1. The fraction of sp³-hybridized carbons (Fsp3) is 0.360. The average Bonchev–Trinajstić information content (AvgIpc) is 3.30. The number of aromatic nitrogens is 2. The molecular formula is C25H31N5O2. The standard InChI is InChI=1S/C25H31N5O2/c1-19-7-8-24(32-3)23(15-19)30-10-9-22(27-30)25(31)26-17-20-5-4-6-21(16-20)18-29-13-11-28(2)12-14-29/h4-10,15-16H,11-14,17-18H2,1-3H3,(H,26,31). The van der Waals surface area contributed by atoms with Gasteiger partial charge in [0.25, 0.3) is 5.91 Å². The third kappa shape index (κ3) is 5.36. The number of methoxy groups -OCH3 is 1. The van der Waals surface area contributed by atoms with Crippen molar-refractivity contribution in [3.05, 3.63) is 77.1 Å². The maximum Gasteiger partial charge on any atom is 0.272 e. The molecule has 1 fully saturated rings. The number of aryl methyl sites for hydroxylation is 1. The van der Waals surface area contributed by atoms with E-state index in [1.165, 1.54) is 5.56 Å². The van der Waals surface area contributed by atoms with Crippen molar-refractivity contribution in [3.8, 4) is 11.4 Å². The number of amides is 1. The van der Waals surface area contributed by atoms with Crippen LogP contribution in [0.5, 0.6) is 5.75 Å². The maximum atomic E-state index is 12.7. The first kappa shape index (κ1) is 22.0. The molecule has 168 valence electrons. The molecular weight excluding hydrogens is 402 g/mol. The van der Waals surface area contributed by atoms with Crippen LogP contribution in [0.2, 0.25) is 0 Å². The Morgan fingerprint density at radius 1 is 1.06 bits per heavy atom. The number of carbonyl (C=O) groups excluding carboxylic acids is 1. The van der Waals surface area contributed by atoms with E-state index in [1.807, 2.05) is 31.2 Å². The minimum Gasteiger partial charge on any atom is -0.494 e. The summed E-state index contributed by atoms with van der Waals surface area (Å²) < 4.78 is 7.11. The van der Waals surface area contributed by atoms with Crippen molar-refractivity contribution >= 4 is 5.91 Å². The molecule has 0 aliphatic carbocycles. The van der Waals surface area contributed by atoms with Gasteiger partial charge in [-0.2, -0.15) is 5.10 Å². The van der Waals surface area contributed by atoms with E-state index >= 15 is 0 Å². The highest BCUT2D eigenvalue weighted by atomic mass is 16.5. The molecule has 1 amide bonds. The molecule has 7 heteroatoms. The van der Waals surface area contributed by atoms with Crippen LogP contribution < -0.4 is 10.1 Å². The average molecular weight is 434 g/mol. The van der Waals surface area contributed by atoms with Crippen LogP contribution in [0.4, 0.5) is 0 Å². The van der Waals surface area contributed by atoms with Crippen LogP contribution in [0.15, 0.2) is 54.7 Å². The molecule has 0 spiro atoms. The molecule has 1 aliphatic rings. The zero-order chi connectivity index (χ0) is 22.5. The molecule has 1 aliphatic heterocycles. The van der Waals surface area contributed by atoms with Crippen LogP contribution in [0.1, 0.15) is 27.2 Å². The summed E-state index contributed by atoms with van der Waals surface area (Å²) >= 11 is 0. The second-order valence-corrected chi connectivity index (χ2v) is 8.40. The van der Waals surface area contributed by atoms with E-state index in [1.54, 1.807) is 24.1 Å². The summed E-state index contributed by atoms with van der Waals surface area (Å²) in [5.41, 5.74) is 4.64. The van der Waals surface area contributed by atoms with Crippen molar-refractivity contribution in [2.24, 2.45) is 0 Å². The number of ether oxygens (including phenoxy) is 1. The topological polar surface area (TPSA) is 62.6 Å². The SMILES string of the molecule is COc1ccc(C)cc1-n1ccc(C(=O)NCc2cccc(CN3CCN(C)CC3)c2)n1. The van der Waals surface area contributed by atoms with Crippen LogP contribution >= 0.6 is 0 Å². The van der Waals surface area contributed by atoms with Crippen LogP contribution in [0.3, 0.4) is 0 Å². The highest BCUT2D eigenvalue weighted by Gasteiger charge is 2.15. The van der Waals surface area contributed by atoms with Gasteiger partial charge in [0.15, 0.2) is 5.69 Å². The molecule has 0 radical (unpaired) electrons. The lowest BCUT2D eigenvalue weighted by Crippen LogP contribution is -2.43. The largest absolute Gasteiger partial charge is 0.494 e. The van der Waals surface area contributed by atoms with Gasteiger partial charge in [0.05, 0.1) is 7.11 Å². The fourth-order valence-corrected chi connectivity index (χ4v) is 3.93. The van der Waals surface area contributed by atoms with Crippen LogP contribution in [-0.2, 0) is 13.1 Å². The second kappa shape index (κ2) is 9.97. The molecule has 3 aromatic rings. The van der Waals surface area contributed by atoms with Crippen molar-refractivity contribution in [1.29, 1.82) is 0 Å². The molecule has 1 aromatic heterocycles. The number of carbonyl (C=O) groups is 1. The van der Waals surface area contributed by atoms with Gasteiger partial charge in [0.1, 0.15) is 11.4 Å². The van der Waals surface area contributed by atoms with Crippen molar-refractivity contribution in [2.45, 2.75) is 20.0 Å². The smallest absolute Gasteiger partial charge is 0.272 e. The van der Waals surface area contributed by atoms with Gasteiger partial charge in [-0.15, -0.1) is 0 Å². The molecule has 2 heterocycles. The summed E-state index contributed by atoms with van der Waals surface area (Å²) in [5, 5.41) is 7.45. The van der Waals surface area contributed by atoms with E-state index in [0.717, 1.165) is 49.5 Å². The number of rotatable bonds is 7. The predicted molar refractivity (Wildman–Crippen MR) is 125 cm³/mol. The Morgan fingerprint density at radius 3 is 2.62 bits per heavy atom. The second-order valence-electron chi connectivity index (χ2n) is 8.40. The molecule has 32 heavy (non-hydrogen) atoms. The van der Waals surface area contributed by atoms with E-state index in [-0.39, 0.29) is 5.91 Å². The Bertz CT molecular complexity index is 1070. The van der Waals surface area contributed by atoms with Crippen molar-refractivity contribution < 1.29 is 9.53 Å². The van der Waals surface area contributed by atoms with Crippen molar-refractivity contribution in [1.82, 2.24) is 24.9 Å². The van der Waals surface area contributed by atoms with Gasteiger partial charge in [0, 0.05) is 45.5 Å². The lowest BCUT2D eigenvalue weighted by atomic mass is 10.1. The van der Waals surface area contributed by atoms with Crippen LogP contribution in [0.25, 0.3) is 5.69 Å². The first-order chi connectivity index (χ1) is 15.5. The van der Waals surface area contributed by atoms with Gasteiger partial charge < -0.3 is 15.0 Å². The normalized spacial score (nSPS) is 15.0. The lowest BCUT2D eigenvalue weighted by Gasteiger charge is -2.32. The number of hydrogen-bond acceptors (Lipinski definition) is 5. The fourth-order valence-electron chi connectivity index (χ4n) is 3.93. The summed E-state index contributed by atoms with van der Waals surface area (Å²) in [5.74, 6) is 0.516. The Balaban J connectivity index is 1.37. The minimum atomic E-state index is -0.195. The van der Waals surface area contributed by atoms with Gasteiger partial charge in [0.2, 0.25) is 0 Å². The molecule has 0 atom stereocenters. The predicted octanol–water partition coefficient (Wildman–Crippen LogP) is 2.87. The van der Waals surface area contributed by atoms with Crippen LogP contribution in [-0.4, -0.2) is 65.8 Å². The summed E-state index contributed by atoms with van der Waals surface area (Å²) in [6.45, 7) is 7.82. The van der Waals surface area contributed by atoms with E-state index < -0.39 is 0 Å². The van der Waals surface area contributed by atoms with Gasteiger partial charge in [-0.25, -0.2) is 4.68 Å². The number of nitrogens with zero attached hydrogens (tertiary/aromatic N) is 4. The van der Waals surface area contributed by atoms with Crippen molar-refractivity contribution in [2.75, 3.05) is 40.3 Å². The monoisotopic (exact) mass is 433 g/mol. The number of likely N-dealkylation sites (N-methyl/N-ethyl adjacent to an activating group) is 1.